The Kier molecular flexibility index (Phi) is 7.24. The summed E-state index contributed by atoms with van der Waals surface area (Å²) in [5, 5.41) is 14.5. The van der Waals surface area contributed by atoms with E-state index in [-0.39, 0.29) is 36.8 Å². The highest BCUT2D eigenvalue weighted by atomic mass is 35.5. The summed E-state index contributed by atoms with van der Waals surface area (Å²) >= 11 is 0. The molecule has 2 N–H and O–H groups in total. The number of ether oxygens (including phenoxy) is 1. The van der Waals surface area contributed by atoms with Crippen LogP contribution >= 0.6 is 24.8 Å². The van der Waals surface area contributed by atoms with Gasteiger partial charge in [-0.15, -0.1) is 24.8 Å². The molecular weight excluding hydrogens is 435 g/mol. The fourth-order valence-corrected chi connectivity index (χ4v) is 5.28. The van der Waals surface area contributed by atoms with Crippen molar-refractivity contribution in [1.82, 2.24) is 10.2 Å². The Bertz CT molecular complexity index is 1040. The number of halogens is 2. The molecule has 0 amide bonds. The first kappa shape index (κ1) is 23.9. The maximum atomic E-state index is 9.99. The summed E-state index contributed by atoms with van der Waals surface area (Å²) in [4.78, 5) is 2.44. The van der Waals surface area contributed by atoms with Gasteiger partial charge >= 0.3 is 0 Å². The summed E-state index contributed by atoms with van der Waals surface area (Å²) in [5.74, 6) is 2.33. The van der Waals surface area contributed by atoms with Crippen LogP contribution in [-0.4, -0.2) is 49.9 Å². The van der Waals surface area contributed by atoms with Crippen LogP contribution in [0.5, 0.6) is 5.75 Å². The molecule has 2 aliphatic rings. The molecule has 0 aliphatic carbocycles. The average Bonchev–Trinajstić information content (AvgIpc) is 3.37. The van der Waals surface area contributed by atoms with Gasteiger partial charge in [0, 0.05) is 48.1 Å². The van der Waals surface area contributed by atoms with Gasteiger partial charge in [-0.3, -0.25) is 4.90 Å². The van der Waals surface area contributed by atoms with E-state index >= 15 is 0 Å². The SMILES string of the molecule is COc1cc2c(-c3ccccc3)c(C)oc2cc1CN1CC2CNCC2(CO)C1.Cl.Cl. The molecule has 5 rings (SSSR count). The minimum absolute atomic E-state index is 0. The minimum atomic E-state index is -0.000907. The molecule has 0 radical (unpaired) electrons. The number of methoxy groups -OCH3 is 1. The summed E-state index contributed by atoms with van der Waals surface area (Å²) in [6.07, 6.45) is 0. The molecule has 3 aromatic rings. The van der Waals surface area contributed by atoms with Gasteiger partial charge in [-0.05, 0) is 37.1 Å². The third-order valence-corrected chi connectivity index (χ3v) is 6.79. The summed E-state index contributed by atoms with van der Waals surface area (Å²) < 4.78 is 11.9. The molecule has 2 aliphatic heterocycles. The number of rotatable bonds is 5. The molecule has 2 atom stereocenters. The lowest BCUT2D eigenvalue weighted by Gasteiger charge is -2.25. The molecule has 5 nitrogen and oxygen atoms in total. The molecule has 2 unspecified atom stereocenters. The standard InChI is InChI=1S/C24H28N2O3.2ClH/c1-16-23(17-6-4-3-5-7-17)20-9-21(28-2)18(8-22(20)29-16)11-26-12-19-10-25-13-24(19,14-26)15-27;;/h3-9,19,25,27H,10-15H2,1-2H3;2*1H. The van der Waals surface area contributed by atoms with Crippen molar-refractivity contribution in [2.24, 2.45) is 11.3 Å². The van der Waals surface area contributed by atoms with E-state index in [1.807, 2.05) is 13.0 Å². The van der Waals surface area contributed by atoms with Crippen LogP contribution < -0.4 is 10.1 Å². The molecule has 7 heteroatoms. The van der Waals surface area contributed by atoms with Crippen molar-refractivity contribution in [2.75, 3.05) is 39.9 Å². The number of nitrogens with one attached hydrogen (secondary N) is 1. The first-order chi connectivity index (χ1) is 14.1. The van der Waals surface area contributed by atoms with Gasteiger partial charge in [-0.2, -0.15) is 0 Å². The van der Waals surface area contributed by atoms with Gasteiger partial charge in [0.1, 0.15) is 17.1 Å². The van der Waals surface area contributed by atoms with E-state index in [9.17, 15) is 5.11 Å². The normalized spacial score (nSPS) is 22.7. The maximum absolute atomic E-state index is 9.99. The van der Waals surface area contributed by atoms with Gasteiger partial charge in [0.05, 0.1) is 13.7 Å². The number of fused-ring (bicyclic) bond motifs is 2. The van der Waals surface area contributed by atoms with Crippen LogP contribution in [-0.2, 0) is 6.54 Å². The summed E-state index contributed by atoms with van der Waals surface area (Å²) in [6.45, 7) is 6.88. The Hall–Kier alpha value is -1.76. The van der Waals surface area contributed by atoms with Gasteiger partial charge < -0.3 is 19.6 Å². The van der Waals surface area contributed by atoms with E-state index in [1.165, 1.54) is 0 Å². The van der Waals surface area contributed by atoms with Crippen LogP contribution in [0.25, 0.3) is 22.1 Å². The molecule has 1 aromatic heterocycles. The lowest BCUT2D eigenvalue weighted by molar-refractivity contribution is 0.124. The zero-order valence-electron chi connectivity index (χ0n) is 17.9. The Morgan fingerprint density at radius 2 is 2.00 bits per heavy atom. The Balaban J connectivity index is 0.00000136. The summed E-state index contributed by atoms with van der Waals surface area (Å²) in [7, 11) is 1.73. The van der Waals surface area contributed by atoms with Crippen LogP contribution in [0.2, 0.25) is 0 Å². The number of hydrogen-bond acceptors (Lipinski definition) is 5. The number of nitrogens with zero attached hydrogens (tertiary/aromatic N) is 1. The van der Waals surface area contributed by atoms with Crippen molar-refractivity contribution in [3.05, 3.63) is 53.8 Å². The lowest BCUT2D eigenvalue weighted by atomic mass is 9.82. The molecule has 168 valence electrons. The van der Waals surface area contributed by atoms with Crippen molar-refractivity contribution in [3.63, 3.8) is 0 Å². The van der Waals surface area contributed by atoms with E-state index in [2.05, 4.69) is 46.6 Å². The molecule has 0 saturated carbocycles. The minimum Gasteiger partial charge on any atom is -0.496 e. The van der Waals surface area contributed by atoms with Crippen molar-refractivity contribution < 1.29 is 14.3 Å². The predicted octanol–water partition coefficient (Wildman–Crippen LogP) is 4.27. The lowest BCUT2D eigenvalue weighted by Crippen LogP contribution is -2.35. The van der Waals surface area contributed by atoms with Gasteiger partial charge in [-0.1, -0.05) is 30.3 Å². The fraction of sp³-hybridized carbons (Fsp3) is 0.417. The quantitative estimate of drug-likeness (QED) is 0.590. The zero-order valence-corrected chi connectivity index (χ0v) is 19.5. The Morgan fingerprint density at radius 3 is 2.68 bits per heavy atom. The van der Waals surface area contributed by atoms with Gasteiger partial charge in [0.15, 0.2) is 0 Å². The number of furan rings is 1. The Labute approximate surface area is 195 Å². The summed E-state index contributed by atoms with van der Waals surface area (Å²) in [5.41, 5.74) is 4.32. The topological polar surface area (TPSA) is 57.9 Å². The first-order valence-electron chi connectivity index (χ1n) is 10.3. The fourth-order valence-electron chi connectivity index (χ4n) is 5.28. The van der Waals surface area contributed by atoms with Crippen molar-refractivity contribution in [1.29, 1.82) is 0 Å². The molecule has 2 saturated heterocycles. The number of benzene rings is 2. The smallest absolute Gasteiger partial charge is 0.135 e. The molecule has 2 fully saturated rings. The number of aliphatic hydroxyl groups is 1. The third kappa shape index (κ3) is 4.06. The number of hydrogen-bond donors (Lipinski definition) is 2. The van der Waals surface area contributed by atoms with Crippen LogP contribution in [0.15, 0.2) is 46.9 Å². The van der Waals surface area contributed by atoms with Gasteiger partial charge in [0.2, 0.25) is 0 Å². The average molecular weight is 465 g/mol. The van der Waals surface area contributed by atoms with Crippen molar-refractivity contribution in [2.45, 2.75) is 13.5 Å². The van der Waals surface area contributed by atoms with Crippen LogP contribution in [0.1, 0.15) is 11.3 Å². The predicted molar refractivity (Wildman–Crippen MR) is 129 cm³/mol. The number of likely N-dealkylation sites (tertiary alicyclic amines) is 1. The molecule has 0 bridgehead atoms. The van der Waals surface area contributed by atoms with E-state index in [0.29, 0.717) is 5.92 Å². The van der Waals surface area contributed by atoms with Crippen molar-refractivity contribution >= 4 is 35.8 Å². The second-order valence-electron chi connectivity index (χ2n) is 8.58. The van der Waals surface area contributed by atoms with E-state index in [0.717, 1.165) is 71.9 Å². The highest BCUT2D eigenvalue weighted by Gasteiger charge is 2.49. The molecule has 0 spiro atoms. The number of aryl methyl sites for hydroxylation is 1. The number of aliphatic hydroxyl groups excluding tert-OH is 1. The highest BCUT2D eigenvalue weighted by Crippen LogP contribution is 2.41. The van der Waals surface area contributed by atoms with Gasteiger partial charge in [-0.25, -0.2) is 0 Å². The van der Waals surface area contributed by atoms with Crippen molar-refractivity contribution in [3.8, 4) is 16.9 Å². The molecule has 3 heterocycles. The summed E-state index contributed by atoms with van der Waals surface area (Å²) in [6, 6.07) is 14.6. The zero-order chi connectivity index (χ0) is 20.0. The van der Waals surface area contributed by atoms with E-state index in [4.69, 9.17) is 9.15 Å². The van der Waals surface area contributed by atoms with Gasteiger partial charge in [0.25, 0.3) is 0 Å². The first-order valence-corrected chi connectivity index (χ1v) is 10.3. The second kappa shape index (κ2) is 9.39. The molecule has 31 heavy (non-hydrogen) atoms. The maximum Gasteiger partial charge on any atom is 0.135 e. The largest absolute Gasteiger partial charge is 0.496 e. The van der Waals surface area contributed by atoms with Crippen LogP contribution in [0, 0.1) is 18.3 Å². The molecular formula is C24H30Cl2N2O3. The third-order valence-electron chi connectivity index (χ3n) is 6.79. The van der Waals surface area contributed by atoms with Crippen LogP contribution in [0.4, 0.5) is 0 Å². The van der Waals surface area contributed by atoms with E-state index in [1.54, 1.807) is 7.11 Å². The Morgan fingerprint density at radius 1 is 1.23 bits per heavy atom. The highest BCUT2D eigenvalue weighted by molar-refractivity contribution is 5.97. The van der Waals surface area contributed by atoms with Crippen LogP contribution in [0.3, 0.4) is 0 Å². The van der Waals surface area contributed by atoms with E-state index < -0.39 is 0 Å². The molecule has 2 aromatic carbocycles. The monoisotopic (exact) mass is 464 g/mol. The second-order valence-corrected chi connectivity index (χ2v) is 8.58.